The first-order valence-corrected chi connectivity index (χ1v) is 16.2. The Hall–Kier alpha value is -2.50. The lowest BCUT2D eigenvalue weighted by atomic mass is 9.50. The van der Waals surface area contributed by atoms with Crippen molar-refractivity contribution >= 4 is 0 Å². The normalized spacial score (nSPS) is 28.0. The van der Waals surface area contributed by atoms with E-state index in [-0.39, 0.29) is 11.5 Å². The summed E-state index contributed by atoms with van der Waals surface area (Å²) in [6.45, 7) is 13.0. The van der Waals surface area contributed by atoms with Crippen LogP contribution in [0, 0.1) is 11.8 Å². The topological polar surface area (TPSA) is 45.2 Å². The van der Waals surface area contributed by atoms with Crippen LogP contribution < -0.4 is 9.47 Å². The van der Waals surface area contributed by atoms with E-state index in [0.29, 0.717) is 35.4 Å². The van der Waals surface area contributed by atoms with Gasteiger partial charge in [0.1, 0.15) is 11.9 Å². The third-order valence-electron chi connectivity index (χ3n) is 10.6. The molecule has 1 spiro atoms. The van der Waals surface area contributed by atoms with E-state index < -0.39 is 0 Å². The SMILES string of the molecule is C=CCN1CC[C@]23c4c5c(O)cc(OC)c4O[C@H]2[C@@H](N(CCCCCCc2ccccc2)CC(C)C)CC[C@H]3[C@H]1C5. The molecule has 5 heteroatoms. The Morgan fingerprint density at radius 1 is 1.17 bits per heavy atom. The number of aryl methyl sites for hydroxylation is 1. The van der Waals surface area contributed by atoms with E-state index in [1.165, 1.54) is 56.1 Å². The Kier molecular flexibility index (Phi) is 8.38. The van der Waals surface area contributed by atoms with Crippen LogP contribution in [0.2, 0.25) is 0 Å². The van der Waals surface area contributed by atoms with E-state index in [1.807, 2.05) is 6.08 Å². The van der Waals surface area contributed by atoms with Crippen molar-refractivity contribution in [1.29, 1.82) is 0 Å². The number of rotatable bonds is 13. The summed E-state index contributed by atoms with van der Waals surface area (Å²) in [5.41, 5.74) is 3.79. The molecule has 2 aromatic rings. The van der Waals surface area contributed by atoms with Crippen molar-refractivity contribution in [3.63, 3.8) is 0 Å². The molecule has 6 rings (SSSR count). The highest BCUT2D eigenvalue weighted by Gasteiger charge is 2.66. The molecule has 0 unspecified atom stereocenters. The predicted octanol–water partition coefficient (Wildman–Crippen LogP) is 6.76. The van der Waals surface area contributed by atoms with Gasteiger partial charge in [-0.1, -0.05) is 63.1 Å². The molecule has 1 N–H and O–H groups in total. The number of likely N-dealkylation sites (tertiary alicyclic amines) is 1. The first-order chi connectivity index (χ1) is 20.0. The standard InChI is InChI=1S/C36H50N2O3/c1-5-19-37-21-18-36-28-16-17-29(35(36)41-34-32(40-4)23-31(39)27(33(34)36)22-30(28)37)38(24-25(2)3)20-12-7-6-9-13-26-14-10-8-11-15-26/h5,8,10-11,14-15,23,25,28-30,35,39H,1,6-7,9,12-13,16-22,24H2,2-4H3/t28-,29-,30+,35-,36-/m0/s1. The van der Waals surface area contributed by atoms with Crippen molar-refractivity contribution in [3.05, 3.63) is 65.7 Å². The lowest BCUT2D eigenvalue weighted by molar-refractivity contribution is -0.0880. The van der Waals surface area contributed by atoms with E-state index in [9.17, 15) is 5.11 Å². The number of unbranched alkanes of at least 4 members (excludes halogenated alkanes) is 3. The molecule has 4 aliphatic rings. The van der Waals surface area contributed by atoms with Gasteiger partial charge in [0, 0.05) is 47.8 Å². The first-order valence-electron chi connectivity index (χ1n) is 16.2. The largest absolute Gasteiger partial charge is 0.508 e. The van der Waals surface area contributed by atoms with Gasteiger partial charge in [-0.25, -0.2) is 0 Å². The van der Waals surface area contributed by atoms with Crippen LogP contribution in [0.15, 0.2) is 49.1 Å². The Morgan fingerprint density at radius 3 is 2.73 bits per heavy atom. The second kappa shape index (κ2) is 12.0. The summed E-state index contributed by atoms with van der Waals surface area (Å²) >= 11 is 0. The number of phenolic OH excluding ortho intramolecular Hbond substituents is 1. The number of piperidine rings is 1. The fourth-order valence-electron chi connectivity index (χ4n) is 9.07. The molecule has 222 valence electrons. The van der Waals surface area contributed by atoms with Crippen molar-refractivity contribution < 1.29 is 14.6 Å². The highest BCUT2D eigenvalue weighted by atomic mass is 16.5. The maximum Gasteiger partial charge on any atom is 0.166 e. The van der Waals surface area contributed by atoms with E-state index in [0.717, 1.165) is 50.3 Å². The number of hydrogen-bond donors (Lipinski definition) is 1. The Bertz CT molecular complexity index is 1210. The van der Waals surface area contributed by atoms with Crippen LogP contribution in [0.4, 0.5) is 0 Å². The lowest BCUT2D eigenvalue weighted by Gasteiger charge is -2.60. The molecule has 2 aliphatic carbocycles. The van der Waals surface area contributed by atoms with Crippen molar-refractivity contribution in [2.24, 2.45) is 11.8 Å². The second-order valence-corrected chi connectivity index (χ2v) is 13.5. The number of aromatic hydroxyl groups is 1. The number of ether oxygens (including phenoxy) is 2. The first kappa shape index (κ1) is 28.6. The monoisotopic (exact) mass is 558 g/mol. The summed E-state index contributed by atoms with van der Waals surface area (Å²) in [6.07, 6.45) is 12.7. The molecule has 2 fully saturated rings. The zero-order chi connectivity index (χ0) is 28.6. The van der Waals surface area contributed by atoms with E-state index in [4.69, 9.17) is 9.47 Å². The van der Waals surface area contributed by atoms with Gasteiger partial charge in [0.15, 0.2) is 11.5 Å². The van der Waals surface area contributed by atoms with E-state index in [2.05, 4.69) is 60.6 Å². The summed E-state index contributed by atoms with van der Waals surface area (Å²) in [5.74, 6) is 3.14. The average molecular weight is 559 g/mol. The van der Waals surface area contributed by atoms with Crippen LogP contribution in [-0.2, 0) is 18.3 Å². The molecule has 2 aromatic carbocycles. The highest BCUT2D eigenvalue weighted by molar-refractivity contribution is 5.65. The van der Waals surface area contributed by atoms with Crippen molar-refractivity contribution in [2.45, 2.75) is 95.2 Å². The minimum atomic E-state index is -0.0505. The van der Waals surface area contributed by atoms with Crippen LogP contribution in [-0.4, -0.2) is 66.4 Å². The molecule has 5 nitrogen and oxygen atoms in total. The summed E-state index contributed by atoms with van der Waals surface area (Å²) in [5, 5.41) is 11.2. The summed E-state index contributed by atoms with van der Waals surface area (Å²) in [6, 6.07) is 13.5. The van der Waals surface area contributed by atoms with Gasteiger partial charge in [0.05, 0.1) is 7.11 Å². The third-order valence-corrected chi connectivity index (χ3v) is 10.6. The molecular weight excluding hydrogens is 508 g/mol. The Morgan fingerprint density at radius 2 is 1.98 bits per heavy atom. The smallest absolute Gasteiger partial charge is 0.166 e. The molecule has 0 radical (unpaired) electrons. The lowest BCUT2D eigenvalue weighted by Crippen LogP contribution is -2.69. The number of benzene rings is 2. The third kappa shape index (κ3) is 5.07. The van der Waals surface area contributed by atoms with Crippen LogP contribution in [0.3, 0.4) is 0 Å². The van der Waals surface area contributed by atoms with E-state index >= 15 is 0 Å². The Balaban J connectivity index is 1.23. The fourth-order valence-corrected chi connectivity index (χ4v) is 9.07. The molecule has 5 atom stereocenters. The maximum absolute atomic E-state index is 11.2. The second-order valence-electron chi connectivity index (χ2n) is 13.5. The van der Waals surface area contributed by atoms with Gasteiger partial charge in [-0.05, 0) is 75.4 Å². The van der Waals surface area contributed by atoms with Crippen LogP contribution in [0.1, 0.15) is 75.5 Å². The maximum atomic E-state index is 11.2. The average Bonchev–Trinajstić information content (AvgIpc) is 3.31. The molecule has 1 saturated heterocycles. The quantitative estimate of drug-likeness (QED) is 0.218. The molecule has 2 aliphatic heterocycles. The summed E-state index contributed by atoms with van der Waals surface area (Å²) in [4.78, 5) is 5.40. The predicted molar refractivity (Wildman–Crippen MR) is 166 cm³/mol. The summed E-state index contributed by atoms with van der Waals surface area (Å²) in [7, 11) is 1.71. The molecule has 41 heavy (non-hydrogen) atoms. The molecule has 0 aromatic heterocycles. The summed E-state index contributed by atoms with van der Waals surface area (Å²) < 4.78 is 12.9. The van der Waals surface area contributed by atoms with Gasteiger partial charge >= 0.3 is 0 Å². The highest BCUT2D eigenvalue weighted by Crippen LogP contribution is 2.65. The minimum Gasteiger partial charge on any atom is -0.508 e. The zero-order valence-corrected chi connectivity index (χ0v) is 25.5. The fraction of sp³-hybridized carbons (Fsp3) is 0.611. The molecule has 2 heterocycles. The van der Waals surface area contributed by atoms with Crippen molar-refractivity contribution in [3.8, 4) is 17.2 Å². The van der Waals surface area contributed by atoms with Crippen LogP contribution in [0.5, 0.6) is 17.2 Å². The molecule has 0 amide bonds. The van der Waals surface area contributed by atoms with Crippen molar-refractivity contribution in [1.82, 2.24) is 9.80 Å². The minimum absolute atomic E-state index is 0.0505. The van der Waals surface area contributed by atoms with E-state index in [1.54, 1.807) is 13.2 Å². The zero-order valence-electron chi connectivity index (χ0n) is 25.5. The van der Waals surface area contributed by atoms with Crippen LogP contribution in [0.25, 0.3) is 0 Å². The number of nitrogens with zero attached hydrogens (tertiary/aromatic N) is 2. The number of phenols is 1. The van der Waals surface area contributed by atoms with Gasteiger partial charge in [-0.15, -0.1) is 6.58 Å². The number of hydrogen-bond acceptors (Lipinski definition) is 5. The van der Waals surface area contributed by atoms with Gasteiger partial charge in [-0.2, -0.15) is 0 Å². The molecule has 2 bridgehead atoms. The molecule has 1 saturated carbocycles. The van der Waals surface area contributed by atoms with Gasteiger partial charge in [-0.3, -0.25) is 9.80 Å². The number of methoxy groups -OCH3 is 1. The van der Waals surface area contributed by atoms with Gasteiger partial charge in [0.2, 0.25) is 0 Å². The van der Waals surface area contributed by atoms with Gasteiger partial charge < -0.3 is 14.6 Å². The van der Waals surface area contributed by atoms with Crippen LogP contribution >= 0.6 is 0 Å². The van der Waals surface area contributed by atoms with Gasteiger partial charge in [0.25, 0.3) is 0 Å². The van der Waals surface area contributed by atoms with Crippen molar-refractivity contribution in [2.75, 3.05) is 33.3 Å². The molecular formula is C36H50N2O3. The Labute approximate surface area is 247 Å².